The van der Waals surface area contributed by atoms with Crippen LogP contribution in [0.5, 0.6) is 0 Å². The monoisotopic (exact) mass is 557 g/mol. The standard InChI is InChI=1S/C26H32FN7O4S/c1-31-8-10-33(11-9-31)23-7-6-18(14-24(23)32(2)12-13-35)26(36)28-25-21-16-34(17-22(21)29-30-25)39(37,38)20-5-3-4-19(27)15-20/h3-7,14-15,35H,8-13,16-17H2,1-2H3,(H2,28,29,30,36). The molecule has 1 saturated heterocycles. The molecule has 13 heteroatoms. The Morgan fingerprint density at radius 1 is 1.15 bits per heavy atom. The highest BCUT2D eigenvalue weighted by atomic mass is 32.2. The van der Waals surface area contributed by atoms with Gasteiger partial charge in [0.25, 0.3) is 5.91 Å². The van der Waals surface area contributed by atoms with Crippen LogP contribution in [0, 0.1) is 5.82 Å². The highest BCUT2D eigenvalue weighted by molar-refractivity contribution is 7.89. The van der Waals surface area contributed by atoms with E-state index in [1.807, 2.05) is 18.0 Å². The topological polar surface area (TPSA) is 125 Å². The highest BCUT2D eigenvalue weighted by Gasteiger charge is 2.34. The van der Waals surface area contributed by atoms with Gasteiger partial charge >= 0.3 is 0 Å². The van der Waals surface area contributed by atoms with Crippen LogP contribution in [0.15, 0.2) is 47.4 Å². The van der Waals surface area contributed by atoms with E-state index < -0.39 is 15.8 Å². The average molecular weight is 558 g/mol. The van der Waals surface area contributed by atoms with Gasteiger partial charge in [-0.3, -0.25) is 9.89 Å². The number of benzene rings is 2. The van der Waals surface area contributed by atoms with Crippen molar-refractivity contribution in [2.45, 2.75) is 18.0 Å². The van der Waals surface area contributed by atoms with Gasteiger partial charge in [0.05, 0.1) is 35.1 Å². The average Bonchev–Trinajstić information content (AvgIpc) is 3.51. The van der Waals surface area contributed by atoms with Crippen molar-refractivity contribution >= 4 is 33.1 Å². The lowest BCUT2D eigenvalue weighted by Gasteiger charge is -2.36. The molecule has 0 aliphatic carbocycles. The third kappa shape index (κ3) is 5.48. The van der Waals surface area contributed by atoms with Gasteiger partial charge in [0, 0.05) is 57.4 Å². The molecule has 3 aromatic rings. The summed E-state index contributed by atoms with van der Waals surface area (Å²) in [5.41, 5.74) is 3.37. The third-order valence-electron chi connectivity index (χ3n) is 7.22. The minimum Gasteiger partial charge on any atom is -0.395 e. The van der Waals surface area contributed by atoms with E-state index in [0.717, 1.165) is 43.6 Å². The second-order valence-corrected chi connectivity index (χ2v) is 11.8. The van der Waals surface area contributed by atoms with E-state index in [1.165, 1.54) is 22.5 Å². The summed E-state index contributed by atoms with van der Waals surface area (Å²) in [7, 11) is 0.0282. The van der Waals surface area contributed by atoms with E-state index in [9.17, 15) is 22.7 Å². The van der Waals surface area contributed by atoms with Crippen LogP contribution in [0.2, 0.25) is 0 Å². The van der Waals surface area contributed by atoms with Crippen LogP contribution in [0.3, 0.4) is 0 Å². The number of piperazine rings is 1. The number of nitrogens with one attached hydrogen (secondary N) is 2. The Balaban J connectivity index is 1.35. The van der Waals surface area contributed by atoms with Crippen molar-refractivity contribution in [3.63, 3.8) is 0 Å². The quantitative estimate of drug-likeness (QED) is 0.382. The van der Waals surface area contributed by atoms with Crippen LogP contribution in [0.25, 0.3) is 0 Å². The number of halogens is 1. The Bertz CT molecular complexity index is 1470. The number of carbonyl (C=O) groups is 1. The zero-order valence-electron chi connectivity index (χ0n) is 21.9. The largest absolute Gasteiger partial charge is 0.395 e. The highest BCUT2D eigenvalue weighted by Crippen LogP contribution is 2.33. The molecule has 0 atom stereocenters. The summed E-state index contributed by atoms with van der Waals surface area (Å²) in [6.45, 7) is 3.99. The molecule has 0 spiro atoms. The Morgan fingerprint density at radius 3 is 2.64 bits per heavy atom. The number of hydrogen-bond donors (Lipinski definition) is 3. The number of aromatic nitrogens is 2. The molecule has 0 radical (unpaired) electrons. The van der Waals surface area contributed by atoms with E-state index in [-0.39, 0.29) is 36.3 Å². The van der Waals surface area contributed by atoms with Crippen molar-refractivity contribution in [2.24, 2.45) is 0 Å². The molecular weight excluding hydrogens is 525 g/mol. The molecule has 5 rings (SSSR count). The number of aromatic amines is 1. The fraction of sp³-hybridized carbons (Fsp3) is 0.385. The molecule has 208 valence electrons. The number of nitrogens with zero attached hydrogens (tertiary/aromatic N) is 5. The van der Waals surface area contributed by atoms with Crippen molar-refractivity contribution in [1.82, 2.24) is 19.4 Å². The van der Waals surface area contributed by atoms with Gasteiger partial charge in [0.1, 0.15) is 5.82 Å². The molecule has 2 aliphatic heterocycles. The number of amides is 1. The molecule has 1 aromatic heterocycles. The van der Waals surface area contributed by atoms with Crippen molar-refractivity contribution < 1.29 is 22.7 Å². The first-order chi connectivity index (χ1) is 18.7. The fourth-order valence-corrected chi connectivity index (χ4v) is 6.30. The van der Waals surface area contributed by atoms with Crippen LogP contribution < -0.4 is 15.1 Å². The second-order valence-electron chi connectivity index (χ2n) is 9.85. The summed E-state index contributed by atoms with van der Waals surface area (Å²) in [5, 5.41) is 19.3. The number of rotatable bonds is 8. The predicted octanol–water partition coefficient (Wildman–Crippen LogP) is 1.69. The van der Waals surface area contributed by atoms with Gasteiger partial charge in [0.2, 0.25) is 10.0 Å². The lowest BCUT2D eigenvalue weighted by Crippen LogP contribution is -2.45. The summed E-state index contributed by atoms with van der Waals surface area (Å²) >= 11 is 0. The molecule has 3 N–H and O–H groups in total. The van der Waals surface area contributed by atoms with E-state index in [1.54, 1.807) is 12.1 Å². The predicted molar refractivity (Wildman–Crippen MR) is 146 cm³/mol. The maximum atomic E-state index is 13.7. The molecule has 0 unspecified atom stereocenters. The molecule has 39 heavy (non-hydrogen) atoms. The van der Waals surface area contributed by atoms with Gasteiger partial charge in [-0.1, -0.05) is 6.07 Å². The Hall–Kier alpha value is -3.52. The lowest BCUT2D eigenvalue weighted by molar-refractivity contribution is 0.102. The number of fused-ring (bicyclic) bond motifs is 1. The van der Waals surface area contributed by atoms with E-state index in [4.69, 9.17) is 0 Å². The molecule has 11 nitrogen and oxygen atoms in total. The van der Waals surface area contributed by atoms with Gasteiger partial charge in [-0.05, 0) is 43.4 Å². The zero-order chi connectivity index (χ0) is 27.7. The van der Waals surface area contributed by atoms with Crippen molar-refractivity contribution in [2.75, 3.05) is 68.5 Å². The Morgan fingerprint density at radius 2 is 1.92 bits per heavy atom. The molecule has 2 aliphatic rings. The number of carbonyl (C=O) groups excluding carboxylic acids is 1. The van der Waals surface area contributed by atoms with E-state index in [0.29, 0.717) is 23.4 Å². The van der Waals surface area contributed by atoms with Gasteiger partial charge < -0.3 is 25.1 Å². The molecular formula is C26H32FN7O4S. The van der Waals surface area contributed by atoms with Crippen LogP contribution in [-0.4, -0.2) is 92.3 Å². The SMILES string of the molecule is CN1CCN(c2ccc(C(=O)Nc3n[nH]c4c3CN(S(=O)(=O)c3cccc(F)c3)C4)cc2N(C)CCO)CC1. The summed E-state index contributed by atoms with van der Waals surface area (Å²) < 4.78 is 41.0. The van der Waals surface area contributed by atoms with Gasteiger partial charge in [0.15, 0.2) is 5.82 Å². The summed E-state index contributed by atoms with van der Waals surface area (Å²) in [6.07, 6.45) is 0. The van der Waals surface area contributed by atoms with Crippen molar-refractivity contribution in [1.29, 1.82) is 0 Å². The number of anilines is 3. The van der Waals surface area contributed by atoms with E-state index in [2.05, 4.69) is 32.4 Å². The molecule has 0 bridgehead atoms. The Kier molecular flexibility index (Phi) is 7.58. The van der Waals surface area contributed by atoms with Gasteiger partial charge in [-0.15, -0.1) is 0 Å². The second kappa shape index (κ2) is 10.9. The Labute approximate surface area is 226 Å². The summed E-state index contributed by atoms with van der Waals surface area (Å²) in [5.74, 6) is -0.772. The van der Waals surface area contributed by atoms with Gasteiger partial charge in [-0.25, -0.2) is 12.8 Å². The summed E-state index contributed by atoms with van der Waals surface area (Å²) in [6, 6.07) is 10.4. The van der Waals surface area contributed by atoms with E-state index >= 15 is 0 Å². The number of H-pyrrole nitrogens is 1. The maximum absolute atomic E-state index is 13.7. The minimum absolute atomic E-state index is 0.00682. The van der Waals surface area contributed by atoms with Crippen LogP contribution in [0.1, 0.15) is 21.6 Å². The first-order valence-electron chi connectivity index (χ1n) is 12.7. The third-order valence-corrected chi connectivity index (χ3v) is 9.00. The first kappa shape index (κ1) is 27.1. The molecule has 1 amide bonds. The number of aliphatic hydroxyl groups is 1. The molecule has 2 aromatic carbocycles. The number of aliphatic hydroxyl groups excluding tert-OH is 1. The summed E-state index contributed by atoms with van der Waals surface area (Å²) in [4.78, 5) is 19.6. The van der Waals surface area contributed by atoms with Crippen molar-refractivity contribution in [3.05, 3.63) is 65.1 Å². The molecule has 1 fully saturated rings. The number of sulfonamides is 1. The van der Waals surface area contributed by atoms with Crippen LogP contribution in [-0.2, 0) is 23.1 Å². The van der Waals surface area contributed by atoms with Crippen LogP contribution in [0.4, 0.5) is 21.6 Å². The minimum atomic E-state index is -3.94. The zero-order valence-corrected chi connectivity index (χ0v) is 22.7. The number of hydrogen-bond acceptors (Lipinski definition) is 8. The lowest BCUT2D eigenvalue weighted by atomic mass is 10.1. The van der Waals surface area contributed by atoms with Gasteiger partial charge in [-0.2, -0.15) is 9.40 Å². The van der Waals surface area contributed by atoms with Crippen LogP contribution >= 0.6 is 0 Å². The maximum Gasteiger partial charge on any atom is 0.256 e. The fourth-order valence-electron chi connectivity index (χ4n) is 4.90. The first-order valence-corrected chi connectivity index (χ1v) is 14.1. The molecule has 3 heterocycles. The molecule has 0 saturated carbocycles. The normalized spacial score (nSPS) is 16.4. The number of likely N-dealkylation sites (N-methyl/N-ethyl adjacent to an activating group) is 2. The van der Waals surface area contributed by atoms with Crippen molar-refractivity contribution in [3.8, 4) is 0 Å². The smallest absolute Gasteiger partial charge is 0.256 e.